The highest BCUT2D eigenvalue weighted by molar-refractivity contribution is 9.10. The molecule has 1 aromatic heterocycles. The predicted molar refractivity (Wildman–Crippen MR) is 154 cm³/mol. The molecule has 41 heavy (non-hydrogen) atoms. The van der Waals surface area contributed by atoms with E-state index in [1.54, 1.807) is 18.4 Å². The van der Waals surface area contributed by atoms with E-state index in [0.29, 0.717) is 13.6 Å². The molecular weight excluding hydrogens is 717 g/mol. The number of carbonyl (C=O) groups is 1. The van der Waals surface area contributed by atoms with E-state index in [4.69, 9.17) is 21.0 Å². The van der Waals surface area contributed by atoms with Crippen LogP contribution in [-0.4, -0.2) is 56.6 Å². The van der Waals surface area contributed by atoms with Gasteiger partial charge in [-0.15, -0.1) is 23.1 Å². The minimum absolute atomic E-state index is 0.0203. The lowest BCUT2D eigenvalue weighted by Gasteiger charge is -2.12. The molecule has 11 nitrogen and oxygen atoms in total. The van der Waals surface area contributed by atoms with Crippen LogP contribution in [0.5, 0.6) is 0 Å². The molecule has 224 valence electrons. The number of aliphatic carboxylic acids is 1. The summed E-state index contributed by atoms with van der Waals surface area (Å²) in [5.74, 6) is -3.00. The molecule has 0 bridgehead atoms. The van der Waals surface area contributed by atoms with E-state index in [1.807, 2.05) is 0 Å². The van der Waals surface area contributed by atoms with Crippen LogP contribution in [0.2, 0.25) is 0 Å². The van der Waals surface area contributed by atoms with Crippen LogP contribution in [0, 0.1) is 5.41 Å². The first-order valence-electron chi connectivity index (χ1n) is 10.4. The summed E-state index contributed by atoms with van der Waals surface area (Å²) in [5.41, 5.74) is 5.64. The summed E-state index contributed by atoms with van der Waals surface area (Å²) < 4.78 is 103. The number of nitrogen functional groups attached to an aromatic ring is 1. The van der Waals surface area contributed by atoms with Crippen molar-refractivity contribution in [1.29, 1.82) is 5.41 Å². The summed E-state index contributed by atoms with van der Waals surface area (Å²) in [4.78, 5) is 9.15. The predicted octanol–water partition coefficient (Wildman–Crippen LogP) is 4.80. The summed E-state index contributed by atoms with van der Waals surface area (Å²) >= 11 is 5.66. The summed E-state index contributed by atoms with van der Waals surface area (Å²) in [7, 11) is -12.0. The molecule has 1 atom stereocenters. The minimum atomic E-state index is -5.08. The third-order valence-electron chi connectivity index (χ3n) is 4.41. The number of benzene rings is 2. The van der Waals surface area contributed by atoms with E-state index in [9.17, 15) is 34.2 Å². The largest absolute Gasteiger partial charge is 0.490 e. The number of sulfonamides is 2. The molecule has 0 saturated heterocycles. The minimum Gasteiger partial charge on any atom is -0.475 e. The molecule has 1 heterocycles. The molecule has 0 amide bonds. The number of thioether (sulfide) groups is 1. The summed E-state index contributed by atoms with van der Waals surface area (Å²) in [6, 6.07) is 12.8. The van der Waals surface area contributed by atoms with Crippen LogP contribution in [0.1, 0.15) is 4.88 Å². The monoisotopic (exact) mass is 736 g/mol. The van der Waals surface area contributed by atoms with Gasteiger partial charge in [0, 0.05) is 10.2 Å². The van der Waals surface area contributed by atoms with E-state index in [2.05, 4.69) is 24.4 Å². The number of nitrogens with two attached hydrogens (primary N) is 1. The molecule has 0 aliphatic heterocycles. The Kier molecular flexibility index (Phi) is 11.0. The van der Waals surface area contributed by atoms with Gasteiger partial charge in [-0.3, -0.25) is 10.1 Å². The normalized spacial score (nSPS) is 13.3. The second-order valence-electron chi connectivity index (χ2n) is 7.62. The van der Waals surface area contributed by atoms with Gasteiger partial charge in [0.25, 0.3) is 10.0 Å². The molecule has 0 aliphatic carbocycles. The second kappa shape index (κ2) is 13.1. The molecule has 0 aliphatic rings. The Hall–Kier alpha value is -2.65. The average Bonchev–Trinajstić information content (AvgIpc) is 3.28. The van der Waals surface area contributed by atoms with Crippen molar-refractivity contribution in [3.63, 3.8) is 0 Å². The highest BCUT2D eigenvalue weighted by atomic mass is 79.9. The smallest absolute Gasteiger partial charge is 0.475 e. The summed E-state index contributed by atoms with van der Waals surface area (Å²) in [5, 5.41) is 14.9. The number of amidine groups is 1. The molecule has 5 N–H and O–H groups in total. The molecule has 0 spiro atoms. The van der Waals surface area contributed by atoms with Gasteiger partial charge in [0.15, 0.2) is 0 Å². The number of nitrogens with one attached hydrogen (secondary N) is 2. The number of rotatable bonds is 8. The van der Waals surface area contributed by atoms with Crippen LogP contribution in [0.3, 0.4) is 0 Å². The third kappa shape index (κ3) is 9.43. The van der Waals surface area contributed by atoms with Gasteiger partial charge in [-0.1, -0.05) is 31.8 Å². The highest BCUT2D eigenvalue weighted by Gasteiger charge is 2.38. The molecule has 0 fully saturated rings. The van der Waals surface area contributed by atoms with Gasteiger partial charge in [-0.25, -0.2) is 17.4 Å². The lowest BCUT2D eigenvalue weighted by atomic mass is 10.3. The van der Waals surface area contributed by atoms with Gasteiger partial charge in [0.2, 0.25) is 10.0 Å². The van der Waals surface area contributed by atoms with Crippen molar-refractivity contribution in [2.24, 2.45) is 9.50 Å². The first kappa shape index (κ1) is 34.6. The maximum atomic E-state index is 14.5. The van der Waals surface area contributed by atoms with E-state index < -0.39 is 41.9 Å². The quantitative estimate of drug-likeness (QED) is 0.143. The van der Waals surface area contributed by atoms with Gasteiger partial charge in [-0.05, 0) is 48.7 Å². The first-order chi connectivity index (χ1) is 18.7. The Balaban J connectivity index is 0.000000745. The van der Waals surface area contributed by atoms with Crippen molar-refractivity contribution in [3.05, 3.63) is 63.9 Å². The van der Waals surface area contributed by atoms with Gasteiger partial charge in [-0.2, -0.15) is 21.6 Å². The molecule has 20 heteroatoms. The van der Waals surface area contributed by atoms with Crippen molar-refractivity contribution in [1.82, 2.24) is 0 Å². The van der Waals surface area contributed by atoms with Crippen LogP contribution < -0.4 is 10.5 Å². The fourth-order valence-electron chi connectivity index (χ4n) is 2.79. The van der Waals surface area contributed by atoms with Crippen LogP contribution in [0.25, 0.3) is 0 Å². The van der Waals surface area contributed by atoms with Crippen LogP contribution in [0.15, 0.2) is 81.7 Å². The Bertz CT molecular complexity index is 1820. The molecule has 0 radical (unpaired) electrons. The van der Waals surface area contributed by atoms with Crippen molar-refractivity contribution < 1.29 is 44.1 Å². The molecule has 3 aromatic rings. The molecule has 0 saturated carbocycles. The Labute approximate surface area is 250 Å². The zero-order valence-corrected chi connectivity index (χ0v) is 26.3. The third-order valence-corrected chi connectivity index (χ3v) is 12.4. The molecule has 3 rings (SSSR count). The Morgan fingerprint density at radius 2 is 1.63 bits per heavy atom. The number of halogens is 4. The maximum absolute atomic E-state index is 14.5. The fraction of sp³-hybridized carbons (Fsp3) is 0.143. The molecule has 1 unspecified atom stereocenters. The van der Waals surface area contributed by atoms with Crippen LogP contribution in [-0.2, 0) is 34.6 Å². The van der Waals surface area contributed by atoms with Crippen molar-refractivity contribution in [3.8, 4) is 0 Å². The number of anilines is 1. The van der Waals surface area contributed by atoms with Crippen molar-refractivity contribution >= 4 is 86.3 Å². The average molecular weight is 738 g/mol. The van der Waals surface area contributed by atoms with Gasteiger partial charge in [0.1, 0.15) is 15.6 Å². The number of carboxylic acids is 1. The first-order valence-corrected chi connectivity index (χ1v) is 18.1. The summed E-state index contributed by atoms with van der Waals surface area (Å²) in [6.07, 6.45) is -2.42. The van der Waals surface area contributed by atoms with E-state index in [-0.39, 0.29) is 26.2 Å². The number of alkyl halides is 3. The maximum Gasteiger partial charge on any atom is 0.490 e. The lowest BCUT2D eigenvalue weighted by Crippen LogP contribution is -2.21. The zero-order valence-electron chi connectivity index (χ0n) is 20.7. The number of hydrogen-bond acceptors (Lipinski definition) is 9. The standard InChI is InChI=1S/C19H19BrN4O5S5.C2HF3O2/c1-30-19-17(11-16(31-19)18(21)22)33(27,14-7-3-5-12(20)9-14)24-34(28,29)15-8-4-6-13(10-15)23-32(2,25)26;3-2(4,5)1(6)7/h3-11,23H,1-2H3,(H3,21,22);(H,6,7). The van der Waals surface area contributed by atoms with Crippen molar-refractivity contribution in [2.75, 3.05) is 17.2 Å². The fourth-order valence-corrected chi connectivity index (χ4v) is 10.5. The highest BCUT2D eigenvalue weighted by Crippen LogP contribution is 2.39. The van der Waals surface area contributed by atoms with Crippen LogP contribution in [0.4, 0.5) is 18.9 Å². The van der Waals surface area contributed by atoms with Crippen molar-refractivity contribution in [2.45, 2.75) is 25.1 Å². The second-order valence-corrected chi connectivity index (χ2v) is 16.4. The Morgan fingerprint density at radius 3 is 2.12 bits per heavy atom. The van der Waals surface area contributed by atoms with Gasteiger partial charge in [0.05, 0.1) is 30.0 Å². The van der Waals surface area contributed by atoms with E-state index in [0.717, 1.165) is 23.7 Å². The number of carboxylic acid groups (broad SMARTS) is 1. The topological polar surface area (TPSA) is 197 Å². The zero-order chi connectivity index (χ0) is 31.4. The van der Waals surface area contributed by atoms with E-state index >= 15 is 0 Å². The van der Waals surface area contributed by atoms with Crippen LogP contribution >= 0.6 is 39.0 Å². The SMILES string of the molecule is CSc1sc(C(=N)N)cc1S(=O)(=NS(=O)(=O)c1cccc(NS(C)(=O)=O)c1)c1cccc(Br)c1.O=C(O)C(F)(F)F. The molecule has 2 aromatic carbocycles. The number of nitrogens with zero attached hydrogens (tertiary/aromatic N) is 1. The number of hydrogen-bond donors (Lipinski definition) is 4. The Morgan fingerprint density at radius 1 is 1.07 bits per heavy atom. The van der Waals surface area contributed by atoms with Gasteiger partial charge >= 0.3 is 12.1 Å². The van der Waals surface area contributed by atoms with Gasteiger partial charge < -0.3 is 10.8 Å². The molecular formula is C21H20BrF3N4O7S5. The number of thiophene rings is 1. The summed E-state index contributed by atoms with van der Waals surface area (Å²) in [6.45, 7) is 0. The van der Waals surface area contributed by atoms with E-state index in [1.165, 1.54) is 48.2 Å². The lowest BCUT2D eigenvalue weighted by molar-refractivity contribution is -0.192.